The monoisotopic (exact) mass is 735 g/mol. The highest BCUT2D eigenvalue weighted by Crippen LogP contribution is 2.39. The van der Waals surface area contributed by atoms with Crippen molar-refractivity contribution in [2.45, 2.75) is 6.92 Å². The number of fused-ring (bicyclic) bond motifs is 3. The number of hydrogen-bond donors (Lipinski definition) is 1. The van der Waals surface area contributed by atoms with Crippen LogP contribution in [0.25, 0.3) is 100 Å². The molecule has 0 saturated heterocycles. The first kappa shape index (κ1) is 34.0. The molecule has 4 aromatic heterocycles. The number of rotatable bonds is 7. The van der Waals surface area contributed by atoms with Crippen molar-refractivity contribution in [3.05, 3.63) is 188 Å². The standard InChI is InChI=1S/C52H37N3O2/c1-33-27-40(49-26-25-48(55(49)2)38-23-24-42-43-21-12-20-41(35-15-7-4-8-16-35)52(43)57-51(42)32-38)31-45(53-33)36-17-11-18-37(28-36)46-29-39(34-13-5-3-6-14-34)30-47(54-46)44-19-9-10-22-50(44)56/h3-32,56H,1-2H3. The minimum atomic E-state index is 0.197. The van der Waals surface area contributed by atoms with Crippen LogP contribution in [0, 0.1) is 6.92 Å². The lowest BCUT2D eigenvalue weighted by atomic mass is 9.98. The molecule has 0 spiro atoms. The number of phenolic OH excluding ortho intramolecular Hbond substituents is 1. The van der Waals surface area contributed by atoms with E-state index < -0.39 is 0 Å². The van der Waals surface area contributed by atoms with Crippen LogP contribution in [0.2, 0.25) is 0 Å². The highest BCUT2D eigenvalue weighted by atomic mass is 16.3. The first-order chi connectivity index (χ1) is 28.0. The Labute approximate surface area is 330 Å². The van der Waals surface area contributed by atoms with E-state index in [1.54, 1.807) is 6.07 Å². The van der Waals surface area contributed by atoms with Crippen molar-refractivity contribution in [3.63, 3.8) is 0 Å². The molecule has 5 heteroatoms. The lowest BCUT2D eigenvalue weighted by Crippen LogP contribution is -1.97. The zero-order valence-electron chi connectivity index (χ0n) is 31.5. The maximum Gasteiger partial charge on any atom is 0.143 e. The van der Waals surface area contributed by atoms with E-state index in [1.165, 1.54) is 0 Å². The third kappa shape index (κ3) is 6.25. The summed E-state index contributed by atoms with van der Waals surface area (Å²) in [5.41, 5.74) is 16.4. The topological polar surface area (TPSA) is 64.1 Å². The molecular weight excluding hydrogens is 699 g/mol. The van der Waals surface area contributed by atoms with Gasteiger partial charge in [-0.25, -0.2) is 4.98 Å². The fourth-order valence-corrected chi connectivity index (χ4v) is 8.00. The summed E-state index contributed by atoms with van der Waals surface area (Å²) in [7, 11) is 2.12. The van der Waals surface area contributed by atoms with Crippen LogP contribution in [-0.2, 0) is 7.05 Å². The molecule has 0 amide bonds. The van der Waals surface area contributed by atoms with Crippen LogP contribution in [0.5, 0.6) is 5.75 Å². The Hall–Kier alpha value is -7.50. The molecule has 10 rings (SSSR count). The number of aryl methyl sites for hydroxylation is 1. The van der Waals surface area contributed by atoms with Crippen LogP contribution in [0.3, 0.4) is 0 Å². The number of benzene rings is 6. The summed E-state index contributed by atoms with van der Waals surface area (Å²) in [6.07, 6.45) is 0. The largest absolute Gasteiger partial charge is 0.507 e. The van der Waals surface area contributed by atoms with E-state index in [2.05, 4.69) is 139 Å². The quantitative estimate of drug-likeness (QED) is 0.177. The minimum Gasteiger partial charge on any atom is -0.507 e. The highest BCUT2D eigenvalue weighted by Gasteiger charge is 2.17. The normalized spacial score (nSPS) is 11.4. The SMILES string of the molecule is Cc1cc(-c2ccc(-c3ccc4c(c3)oc3c(-c5ccccc5)cccc34)n2C)cc(-c2cccc(-c3cc(-c4ccccc4)cc(-c4ccccc4O)n3)c2)n1. The predicted octanol–water partition coefficient (Wildman–Crippen LogP) is 13.4. The number of furan rings is 1. The fraction of sp³-hybridized carbons (Fsp3) is 0.0385. The number of nitrogens with zero attached hydrogens (tertiary/aromatic N) is 3. The Kier molecular flexibility index (Phi) is 8.34. The molecule has 6 aromatic carbocycles. The van der Waals surface area contributed by atoms with Gasteiger partial charge in [-0.1, -0.05) is 115 Å². The summed E-state index contributed by atoms with van der Waals surface area (Å²) < 4.78 is 8.83. The third-order valence-corrected chi connectivity index (χ3v) is 10.8. The van der Waals surface area contributed by atoms with E-state index >= 15 is 0 Å². The van der Waals surface area contributed by atoms with Crippen LogP contribution in [-0.4, -0.2) is 19.6 Å². The van der Waals surface area contributed by atoms with Crippen molar-refractivity contribution in [1.29, 1.82) is 0 Å². The Balaban J connectivity index is 1.01. The number of pyridine rings is 2. The second-order valence-electron chi connectivity index (χ2n) is 14.5. The van der Waals surface area contributed by atoms with Crippen molar-refractivity contribution in [3.8, 4) is 84.3 Å². The van der Waals surface area contributed by atoms with Crippen LogP contribution in [0.15, 0.2) is 186 Å². The lowest BCUT2D eigenvalue weighted by molar-refractivity contribution is 0.477. The summed E-state index contributed by atoms with van der Waals surface area (Å²) >= 11 is 0. The maximum absolute atomic E-state index is 10.8. The van der Waals surface area contributed by atoms with Gasteiger partial charge in [-0.15, -0.1) is 0 Å². The van der Waals surface area contributed by atoms with Gasteiger partial charge in [0.15, 0.2) is 0 Å². The van der Waals surface area contributed by atoms with Gasteiger partial charge in [0, 0.05) is 68.3 Å². The number of aromatic hydroxyl groups is 1. The molecule has 4 heterocycles. The molecule has 0 unspecified atom stereocenters. The summed E-state index contributed by atoms with van der Waals surface area (Å²) in [6.45, 7) is 2.05. The van der Waals surface area contributed by atoms with Gasteiger partial charge in [0.05, 0.1) is 17.1 Å². The van der Waals surface area contributed by atoms with E-state index in [0.717, 1.165) is 94.9 Å². The fourth-order valence-electron chi connectivity index (χ4n) is 8.00. The van der Waals surface area contributed by atoms with Crippen LogP contribution in [0.1, 0.15) is 5.69 Å². The van der Waals surface area contributed by atoms with Crippen LogP contribution < -0.4 is 0 Å². The molecular formula is C52H37N3O2. The Morgan fingerprint density at radius 2 is 1.05 bits per heavy atom. The number of phenols is 1. The molecule has 0 aliphatic heterocycles. The van der Waals surface area contributed by atoms with Gasteiger partial charge in [-0.2, -0.15) is 0 Å². The smallest absolute Gasteiger partial charge is 0.143 e. The molecule has 0 aliphatic rings. The Morgan fingerprint density at radius 1 is 0.439 bits per heavy atom. The Bertz CT molecular complexity index is 3100. The van der Waals surface area contributed by atoms with Crippen molar-refractivity contribution < 1.29 is 9.52 Å². The minimum absolute atomic E-state index is 0.197. The molecule has 0 atom stereocenters. The number of hydrogen-bond acceptors (Lipinski definition) is 4. The average molecular weight is 736 g/mol. The summed E-state index contributed by atoms with van der Waals surface area (Å²) in [4.78, 5) is 10.1. The van der Waals surface area contributed by atoms with Gasteiger partial charge >= 0.3 is 0 Å². The molecule has 57 heavy (non-hydrogen) atoms. The third-order valence-electron chi connectivity index (χ3n) is 10.8. The zero-order valence-corrected chi connectivity index (χ0v) is 31.5. The molecule has 0 fully saturated rings. The molecule has 272 valence electrons. The van der Waals surface area contributed by atoms with Gasteiger partial charge in [-0.3, -0.25) is 4.98 Å². The molecule has 0 aliphatic carbocycles. The highest BCUT2D eigenvalue weighted by molar-refractivity contribution is 6.10. The molecule has 5 nitrogen and oxygen atoms in total. The van der Waals surface area contributed by atoms with Gasteiger partial charge in [0.1, 0.15) is 16.9 Å². The van der Waals surface area contributed by atoms with Crippen LogP contribution in [0.4, 0.5) is 0 Å². The average Bonchev–Trinajstić information content (AvgIpc) is 3.84. The molecule has 0 saturated carbocycles. The van der Waals surface area contributed by atoms with Crippen molar-refractivity contribution >= 4 is 21.9 Å². The maximum atomic E-state index is 10.8. The van der Waals surface area contributed by atoms with Gasteiger partial charge in [-0.05, 0) is 90.3 Å². The first-order valence-electron chi connectivity index (χ1n) is 19.1. The van der Waals surface area contributed by atoms with Gasteiger partial charge in [0.2, 0.25) is 0 Å². The molecule has 0 bridgehead atoms. The van der Waals surface area contributed by atoms with E-state index in [0.29, 0.717) is 11.3 Å². The zero-order chi connectivity index (χ0) is 38.5. The van der Waals surface area contributed by atoms with Crippen LogP contribution >= 0.6 is 0 Å². The van der Waals surface area contributed by atoms with Gasteiger partial charge < -0.3 is 14.1 Å². The van der Waals surface area contributed by atoms with Crippen molar-refractivity contribution in [2.24, 2.45) is 7.05 Å². The number of para-hydroxylation sites is 2. The summed E-state index contributed by atoms with van der Waals surface area (Å²) in [5.74, 6) is 0.197. The molecule has 0 radical (unpaired) electrons. The lowest BCUT2D eigenvalue weighted by Gasteiger charge is -2.13. The summed E-state index contributed by atoms with van der Waals surface area (Å²) in [6, 6.07) is 62.1. The summed E-state index contributed by atoms with van der Waals surface area (Å²) in [5, 5.41) is 13.0. The van der Waals surface area contributed by atoms with E-state index in [4.69, 9.17) is 14.4 Å². The van der Waals surface area contributed by atoms with Crippen molar-refractivity contribution in [1.82, 2.24) is 14.5 Å². The van der Waals surface area contributed by atoms with E-state index in [9.17, 15) is 5.11 Å². The van der Waals surface area contributed by atoms with Gasteiger partial charge in [0.25, 0.3) is 0 Å². The second-order valence-corrected chi connectivity index (χ2v) is 14.5. The first-order valence-corrected chi connectivity index (χ1v) is 19.1. The molecule has 1 N–H and O–H groups in total. The predicted molar refractivity (Wildman–Crippen MR) is 233 cm³/mol. The Morgan fingerprint density at radius 3 is 1.82 bits per heavy atom. The number of aromatic nitrogens is 3. The van der Waals surface area contributed by atoms with Crippen molar-refractivity contribution in [2.75, 3.05) is 0 Å². The van der Waals surface area contributed by atoms with E-state index in [-0.39, 0.29) is 5.75 Å². The second kappa shape index (κ2) is 14.0. The molecule has 10 aromatic rings. The van der Waals surface area contributed by atoms with E-state index in [1.807, 2.05) is 55.5 Å².